The lowest BCUT2D eigenvalue weighted by atomic mass is 10.2. The second-order valence-corrected chi connectivity index (χ2v) is 5.95. The number of hydrogen-bond donors (Lipinski definition) is 0. The SMILES string of the molecule is c1ccn2c(=Nc3ccc(N4CCCC4)cc3)snc2c1. The number of hydrogen-bond acceptors (Lipinski definition) is 4. The van der Waals surface area contributed by atoms with Crippen LogP contribution >= 0.6 is 11.5 Å². The Hall–Kier alpha value is -2.14. The van der Waals surface area contributed by atoms with Gasteiger partial charge in [0.05, 0.1) is 5.69 Å². The molecule has 2 aromatic heterocycles. The largest absolute Gasteiger partial charge is 0.372 e. The van der Waals surface area contributed by atoms with E-state index in [2.05, 4.69) is 33.5 Å². The van der Waals surface area contributed by atoms with Gasteiger partial charge >= 0.3 is 0 Å². The normalized spacial score (nSPS) is 16.0. The van der Waals surface area contributed by atoms with Crippen LogP contribution in [0.25, 0.3) is 5.65 Å². The van der Waals surface area contributed by atoms with Crippen molar-refractivity contribution in [1.29, 1.82) is 0 Å². The first-order valence-corrected chi connectivity index (χ1v) is 8.00. The molecule has 1 aromatic carbocycles. The van der Waals surface area contributed by atoms with Crippen LogP contribution < -0.4 is 9.70 Å². The van der Waals surface area contributed by atoms with E-state index >= 15 is 0 Å². The lowest BCUT2D eigenvalue weighted by Crippen LogP contribution is -2.17. The van der Waals surface area contributed by atoms with E-state index in [4.69, 9.17) is 4.99 Å². The van der Waals surface area contributed by atoms with E-state index in [0.29, 0.717) is 0 Å². The van der Waals surface area contributed by atoms with Crippen LogP contribution in [0.3, 0.4) is 0 Å². The molecule has 1 aliphatic rings. The quantitative estimate of drug-likeness (QED) is 0.727. The molecule has 0 N–H and O–H groups in total. The zero-order chi connectivity index (χ0) is 14.1. The summed E-state index contributed by atoms with van der Waals surface area (Å²) in [6.45, 7) is 2.34. The van der Waals surface area contributed by atoms with E-state index in [1.54, 1.807) is 0 Å². The van der Waals surface area contributed by atoms with Crippen molar-refractivity contribution in [3.63, 3.8) is 0 Å². The summed E-state index contributed by atoms with van der Waals surface area (Å²) in [6.07, 6.45) is 4.60. The van der Waals surface area contributed by atoms with Crippen molar-refractivity contribution in [3.05, 3.63) is 53.5 Å². The highest BCUT2D eigenvalue weighted by molar-refractivity contribution is 7.03. The molecule has 0 aliphatic carbocycles. The van der Waals surface area contributed by atoms with Crippen LogP contribution in [0.15, 0.2) is 53.7 Å². The molecule has 1 fully saturated rings. The summed E-state index contributed by atoms with van der Waals surface area (Å²) in [4.78, 5) is 8.03. The van der Waals surface area contributed by atoms with Gasteiger partial charge in [-0.3, -0.25) is 4.40 Å². The van der Waals surface area contributed by atoms with E-state index in [1.165, 1.54) is 43.2 Å². The fourth-order valence-corrected chi connectivity index (χ4v) is 3.41. The number of rotatable bonds is 2. The molecule has 1 aliphatic heterocycles. The smallest absolute Gasteiger partial charge is 0.213 e. The highest BCUT2D eigenvalue weighted by Gasteiger charge is 2.11. The molecule has 0 unspecified atom stereocenters. The van der Waals surface area contributed by atoms with Gasteiger partial charge in [0, 0.05) is 36.5 Å². The molecule has 4 rings (SSSR count). The average Bonchev–Trinajstić information content (AvgIpc) is 3.19. The summed E-state index contributed by atoms with van der Waals surface area (Å²) in [7, 11) is 0. The number of benzene rings is 1. The minimum Gasteiger partial charge on any atom is -0.372 e. The van der Waals surface area contributed by atoms with Gasteiger partial charge in [0.15, 0.2) is 5.65 Å². The second kappa shape index (κ2) is 5.33. The molecule has 0 spiro atoms. The Kier molecular flexibility index (Phi) is 3.20. The van der Waals surface area contributed by atoms with Gasteiger partial charge in [-0.2, -0.15) is 4.37 Å². The Labute approximate surface area is 127 Å². The van der Waals surface area contributed by atoms with Gasteiger partial charge in [-0.25, -0.2) is 4.99 Å². The summed E-state index contributed by atoms with van der Waals surface area (Å²) < 4.78 is 6.41. The Morgan fingerprint density at radius 3 is 2.62 bits per heavy atom. The van der Waals surface area contributed by atoms with Gasteiger partial charge in [-0.1, -0.05) is 6.07 Å². The Morgan fingerprint density at radius 1 is 1.00 bits per heavy atom. The van der Waals surface area contributed by atoms with Crippen LogP contribution in [0.1, 0.15) is 12.8 Å². The molecular formula is C16H16N4S. The molecule has 1 saturated heterocycles. The van der Waals surface area contributed by atoms with E-state index < -0.39 is 0 Å². The molecule has 3 heterocycles. The van der Waals surface area contributed by atoms with E-state index in [0.717, 1.165) is 16.1 Å². The monoisotopic (exact) mass is 296 g/mol. The molecular weight excluding hydrogens is 280 g/mol. The Morgan fingerprint density at radius 2 is 1.81 bits per heavy atom. The van der Waals surface area contributed by atoms with Crippen LogP contribution in [-0.4, -0.2) is 21.9 Å². The summed E-state index contributed by atoms with van der Waals surface area (Å²) >= 11 is 1.42. The third-order valence-electron chi connectivity index (χ3n) is 3.81. The van der Waals surface area contributed by atoms with Crippen LogP contribution in [0.5, 0.6) is 0 Å². The van der Waals surface area contributed by atoms with Crippen LogP contribution in [0.2, 0.25) is 0 Å². The molecule has 0 atom stereocenters. The molecule has 4 nitrogen and oxygen atoms in total. The minimum atomic E-state index is 0.902. The molecule has 5 heteroatoms. The van der Waals surface area contributed by atoms with Crippen LogP contribution in [0.4, 0.5) is 11.4 Å². The average molecular weight is 296 g/mol. The van der Waals surface area contributed by atoms with Gasteiger partial charge in [0.2, 0.25) is 4.80 Å². The summed E-state index contributed by atoms with van der Waals surface area (Å²) in [5.41, 5.74) is 3.21. The molecule has 106 valence electrons. The molecule has 0 radical (unpaired) electrons. The predicted molar refractivity (Wildman–Crippen MR) is 86.2 cm³/mol. The first-order valence-electron chi connectivity index (χ1n) is 7.23. The fraction of sp³-hybridized carbons (Fsp3) is 0.250. The maximum Gasteiger partial charge on any atom is 0.213 e. The van der Waals surface area contributed by atoms with E-state index in [-0.39, 0.29) is 0 Å². The lowest BCUT2D eigenvalue weighted by Gasteiger charge is -2.17. The maximum absolute atomic E-state index is 4.70. The Balaban J connectivity index is 1.69. The highest BCUT2D eigenvalue weighted by atomic mass is 32.1. The summed E-state index contributed by atoms with van der Waals surface area (Å²) in [5.74, 6) is 0. The van der Waals surface area contributed by atoms with Crippen LogP contribution in [0, 0.1) is 0 Å². The van der Waals surface area contributed by atoms with Gasteiger partial charge < -0.3 is 4.90 Å². The summed E-state index contributed by atoms with van der Waals surface area (Å²) in [6, 6.07) is 14.5. The standard InChI is InChI=1S/C16H16N4S/c1-2-12-20-15(5-1)18-21-16(20)17-13-6-8-14(9-7-13)19-10-3-4-11-19/h1-2,5-9,12H,3-4,10-11H2. The van der Waals surface area contributed by atoms with Gasteiger partial charge in [-0.05, 0) is 49.2 Å². The van der Waals surface area contributed by atoms with Gasteiger partial charge in [0.25, 0.3) is 0 Å². The first kappa shape index (κ1) is 12.6. The topological polar surface area (TPSA) is 32.9 Å². The molecule has 0 amide bonds. The number of aromatic nitrogens is 2. The molecule has 21 heavy (non-hydrogen) atoms. The third-order valence-corrected chi connectivity index (χ3v) is 4.54. The minimum absolute atomic E-state index is 0.902. The zero-order valence-corrected chi connectivity index (χ0v) is 12.5. The number of fused-ring (bicyclic) bond motifs is 1. The molecule has 0 bridgehead atoms. The van der Waals surface area contributed by atoms with Gasteiger partial charge in [0.1, 0.15) is 0 Å². The van der Waals surface area contributed by atoms with Crippen molar-refractivity contribution in [2.75, 3.05) is 18.0 Å². The van der Waals surface area contributed by atoms with Crippen molar-refractivity contribution < 1.29 is 0 Å². The number of nitrogens with zero attached hydrogens (tertiary/aromatic N) is 4. The van der Waals surface area contributed by atoms with Crippen molar-refractivity contribution in [2.45, 2.75) is 12.8 Å². The Bertz CT molecular complexity index is 810. The predicted octanol–water partition coefficient (Wildman–Crippen LogP) is 3.23. The van der Waals surface area contributed by atoms with Crippen LogP contribution in [-0.2, 0) is 0 Å². The molecule has 3 aromatic rings. The van der Waals surface area contributed by atoms with Crippen molar-refractivity contribution in [3.8, 4) is 0 Å². The van der Waals surface area contributed by atoms with Crippen molar-refractivity contribution in [2.24, 2.45) is 4.99 Å². The maximum atomic E-state index is 4.70. The van der Waals surface area contributed by atoms with E-state index in [1.807, 2.05) is 28.8 Å². The summed E-state index contributed by atoms with van der Waals surface area (Å²) in [5, 5.41) is 0. The lowest BCUT2D eigenvalue weighted by molar-refractivity contribution is 0.949. The van der Waals surface area contributed by atoms with Crippen molar-refractivity contribution in [1.82, 2.24) is 8.77 Å². The first-order chi connectivity index (χ1) is 10.4. The zero-order valence-electron chi connectivity index (χ0n) is 11.6. The second-order valence-electron chi connectivity index (χ2n) is 5.22. The van der Waals surface area contributed by atoms with Crippen molar-refractivity contribution >= 4 is 28.6 Å². The highest BCUT2D eigenvalue weighted by Crippen LogP contribution is 2.23. The number of anilines is 1. The van der Waals surface area contributed by atoms with E-state index in [9.17, 15) is 0 Å². The fourth-order valence-electron chi connectivity index (χ4n) is 2.70. The molecule has 0 saturated carbocycles. The number of pyridine rings is 1. The van der Waals surface area contributed by atoms with Gasteiger partial charge in [-0.15, -0.1) is 0 Å². The third kappa shape index (κ3) is 2.45.